The summed E-state index contributed by atoms with van der Waals surface area (Å²) in [7, 11) is 1.75. The molecule has 0 saturated heterocycles. The molecule has 1 amide bonds. The van der Waals surface area contributed by atoms with Crippen molar-refractivity contribution in [2.24, 2.45) is 62.6 Å². The zero-order valence-electron chi connectivity index (χ0n) is 34.4. The Balaban J connectivity index is 1.41. The molecule has 3 N–H and O–H groups in total. The monoisotopic (exact) mass is 727 g/mol. The summed E-state index contributed by atoms with van der Waals surface area (Å²) in [5.74, 6) is -0.707. The number of Topliss-reactive ketones (excluding diaryl/α,β-unsaturated/α-hetero) is 1. The van der Waals surface area contributed by atoms with Gasteiger partial charge in [0.25, 0.3) is 0 Å². The molecule has 0 aromatic rings. The fourth-order valence-electron chi connectivity index (χ4n) is 13.1. The fourth-order valence-corrected chi connectivity index (χ4v) is 13.1. The van der Waals surface area contributed by atoms with Gasteiger partial charge in [-0.1, -0.05) is 54.0 Å². The van der Waals surface area contributed by atoms with E-state index in [1.807, 2.05) is 13.8 Å². The van der Waals surface area contributed by atoms with Crippen LogP contribution in [-0.4, -0.2) is 77.1 Å². The van der Waals surface area contributed by atoms with Crippen molar-refractivity contribution in [3.05, 3.63) is 11.1 Å². The summed E-state index contributed by atoms with van der Waals surface area (Å²) in [6.07, 6.45) is 6.54. The molecule has 0 bridgehead atoms. The van der Waals surface area contributed by atoms with Crippen LogP contribution in [0.5, 0.6) is 0 Å². The van der Waals surface area contributed by atoms with Gasteiger partial charge in [0, 0.05) is 18.0 Å². The van der Waals surface area contributed by atoms with Crippen molar-refractivity contribution < 1.29 is 34.1 Å². The summed E-state index contributed by atoms with van der Waals surface area (Å²) in [5.41, 5.74) is 0.960. The highest BCUT2D eigenvalue weighted by atomic mass is 16.5. The van der Waals surface area contributed by atoms with Gasteiger partial charge in [-0.3, -0.25) is 19.2 Å². The maximum atomic E-state index is 14.5. The number of carbonyl (C=O) groups excluding carboxylic acids is 3. The van der Waals surface area contributed by atoms with Gasteiger partial charge in [-0.25, -0.2) is 0 Å². The number of fused-ring (bicyclic) bond motifs is 7. The Hall–Kier alpha value is -2.26. The number of allylic oxidation sites excluding steroid dienone is 2. The molecule has 5 rings (SSSR count). The summed E-state index contributed by atoms with van der Waals surface area (Å²) in [6, 6.07) is -0.0819. The molecule has 52 heavy (non-hydrogen) atoms. The molecule has 5 aliphatic rings. The van der Waals surface area contributed by atoms with Crippen LogP contribution in [0.1, 0.15) is 134 Å². The van der Waals surface area contributed by atoms with E-state index in [2.05, 4.69) is 53.8 Å². The number of ether oxygens (including phenoxy) is 1. The summed E-state index contributed by atoms with van der Waals surface area (Å²) in [4.78, 5) is 54.0. The SMILES string of the molecule is CNCC(=O)N(C[C@H](O)[C@@H]1C(=O)C(C(C)C)=C2C1CC[C@]1(C)[C@@H]2CC[C@@H]2[C@@]3(C)CC[C@H](OC(=O)CC(C)(C)C(=O)O)C(C)(C)[C@@H]3CC[C@]21C)C(C)C. The number of esters is 1. The molecular weight excluding hydrogens is 656 g/mol. The number of aliphatic hydroxyl groups excluding tert-OH is 1. The van der Waals surface area contributed by atoms with E-state index >= 15 is 0 Å². The maximum absolute atomic E-state index is 14.5. The van der Waals surface area contributed by atoms with Gasteiger partial charge in [-0.2, -0.15) is 0 Å². The number of nitrogens with zero attached hydrogens (tertiary/aromatic N) is 1. The van der Waals surface area contributed by atoms with Gasteiger partial charge in [0.05, 0.1) is 30.4 Å². The molecule has 4 saturated carbocycles. The Bertz CT molecular complexity index is 1460. The van der Waals surface area contributed by atoms with Crippen LogP contribution >= 0.6 is 0 Å². The standard InChI is InChI=1S/C43H70N2O7/c1-24(2)34-35-26(36(37(34)49)28(46)23-45(25(3)4)32(47)22-44-12)15-19-42(10)27(35)13-14-30-41(9)18-17-31(52-33(48)21-39(5,6)38(50)51)40(7,8)29(41)16-20-43(30,42)11/h24-31,36,44,46H,13-23H2,1-12H3,(H,50,51)/t26?,27-,28+,29+,30-,31+,36-,41+,42-,43-/m1/s1. The molecule has 0 aromatic heterocycles. The Labute approximate surface area is 313 Å². The van der Waals surface area contributed by atoms with Crippen molar-refractivity contribution in [3.63, 3.8) is 0 Å². The van der Waals surface area contributed by atoms with E-state index in [-0.39, 0.29) is 82.8 Å². The van der Waals surface area contributed by atoms with Crippen molar-refractivity contribution in [2.75, 3.05) is 20.1 Å². The third kappa shape index (κ3) is 6.39. The molecule has 5 aliphatic carbocycles. The van der Waals surface area contributed by atoms with Gasteiger partial charge in [-0.05, 0) is 138 Å². The number of hydrogen-bond acceptors (Lipinski definition) is 7. The molecule has 0 aliphatic heterocycles. The number of carboxylic acids is 1. The first kappa shape index (κ1) is 40.9. The van der Waals surface area contributed by atoms with E-state index < -0.39 is 29.4 Å². The van der Waals surface area contributed by atoms with Crippen LogP contribution in [0, 0.1) is 62.6 Å². The Morgan fingerprint density at radius 3 is 2.13 bits per heavy atom. The molecule has 0 spiro atoms. The van der Waals surface area contributed by atoms with Crippen LogP contribution in [0.15, 0.2) is 11.1 Å². The summed E-state index contributed by atoms with van der Waals surface area (Å²) in [6.45, 7) is 23.8. The van der Waals surface area contributed by atoms with Crippen molar-refractivity contribution in [2.45, 2.75) is 152 Å². The number of carbonyl (C=O) groups is 4. The van der Waals surface area contributed by atoms with Gasteiger partial charge < -0.3 is 25.2 Å². The second kappa shape index (κ2) is 14.1. The first-order valence-electron chi connectivity index (χ1n) is 20.3. The number of rotatable bonds is 11. The van der Waals surface area contributed by atoms with Crippen LogP contribution < -0.4 is 5.32 Å². The minimum Gasteiger partial charge on any atom is -0.481 e. The molecule has 10 atom stereocenters. The molecule has 9 nitrogen and oxygen atoms in total. The lowest BCUT2D eigenvalue weighted by Crippen LogP contribution is -2.65. The van der Waals surface area contributed by atoms with Crippen LogP contribution in [0.3, 0.4) is 0 Å². The third-order valence-corrected chi connectivity index (χ3v) is 16.0. The van der Waals surface area contributed by atoms with Crippen LogP contribution in [0.2, 0.25) is 0 Å². The second-order valence-corrected chi connectivity index (χ2v) is 20.1. The summed E-state index contributed by atoms with van der Waals surface area (Å²) >= 11 is 0. The lowest BCUT2D eigenvalue weighted by molar-refractivity contribution is -0.232. The van der Waals surface area contributed by atoms with E-state index in [9.17, 15) is 29.4 Å². The third-order valence-electron chi connectivity index (χ3n) is 16.0. The van der Waals surface area contributed by atoms with Gasteiger partial charge in [0.1, 0.15) is 6.10 Å². The fraction of sp³-hybridized carbons (Fsp3) is 0.860. The number of amides is 1. The Morgan fingerprint density at radius 2 is 1.56 bits per heavy atom. The smallest absolute Gasteiger partial charge is 0.309 e. The lowest BCUT2D eigenvalue weighted by atomic mass is 9.33. The van der Waals surface area contributed by atoms with Crippen molar-refractivity contribution >= 4 is 23.6 Å². The molecule has 9 heteroatoms. The minimum absolute atomic E-state index is 0.00140. The highest BCUT2D eigenvalue weighted by molar-refractivity contribution is 6.02. The molecule has 0 radical (unpaired) electrons. The van der Waals surface area contributed by atoms with Gasteiger partial charge in [0.2, 0.25) is 5.91 Å². The number of aliphatic hydroxyl groups is 1. The van der Waals surface area contributed by atoms with Crippen LogP contribution in [0.25, 0.3) is 0 Å². The predicted molar refractivity (Wildman–Crippen MR) is 202 cm³/mol. The van der Waals surface area contributed by atoms with Crippen LogP contribution in [0.4, 0.5) is 0 Å². The average Bonchev–Trinajstić information content (AvgIpc) is 3.33. The van der Waals surface area contributed by atoms with Crippen molar-refractivity contribution in [1.29, 1.82) is 0 Å². The van der Waals surface area contributed by atoms with Crippen molar-refractivity contribution in [1.82, 2.24) is 10.2 Å². The first-order chi connectivity index (χ1) is 24.0. The lowest BCUT2D eigenvalue weighted by Gasteiger charge is -2.71. The van der Waals surface area contributed by atoms with Gasteiger partial charge >= 0.3 is 11.9 Å². The highest BCUT2D eigenvalue weighted by Crippen LogP contribution is 2.75. The highest BCUT2D eigenvalue weighted by Gasteiger charge is 2.69. The number of ketones is 1. The van der Waals surface area contributed by atoms with E-state index in [0.717, 1.165) is 56.9 Å². The van der Waals surface area contributed by atoms with E-state index in [1.165, 1.54) is 5.57 Å². The van der Waals surface area contributed by atoms with E-state index in [0.29, 0.717) is 11.8 Å². The van der Waals surface area contributed by atoms with Crippen LogP contribution in [-0.2, 0) is 23.9 Å². The van der Waals surface area contributed by atoms with E-state index in [1.54, 1.807) is 25.8 Å². The molecule has 0 heterocycles. The number of nitrogens with one attached hydrogen (secondary N) is 1. The summed E-state index contributed by atoms with van der Waals surface area (Å²) < 4.78 is 6.15. The number of aliphatic carboxylic acids is 1. The Kier molecular flexibility index (Phi) is 11.1. The topological polar surface area (TPSA) is 133 Å². The van der Waals surface area contributed by atoms with Crippen molar-refractivity contribution in [3.8, 4) is 0 Å². The molecular formula is C43H70N2O7. The zero-order chi connectivity index (χ0) is 38.9. The maximum Gasteiger partial charge on any atom is 0.309 e. The van der Waals surface area contributed by atoms with Gasteiger partial charge in [-0.15, -0.1) is 0 Å². The number of likely N-dealkylation sites (N-methyl/N-ethyl adjacent to an activating group) is 1. The average molecular weight is 727 g/mol. The Morgan fingerprint density at radius 1 is 0.923 bits per heavy atom. The minimum atomic E-state index is -1.17. The van der Waals surface area contributed by atoms with E-state index in [4.69, 9.17) is 4.74 Å². The number of hydrogen-bond donors (Lipinski definition) is 3. The zero-order valence-corrected chi connectivity index (χ0v) is 34.4. The normalized spacial score (nSPS) is 37.6. The molecule has 4 fully saturated rings. The predicted octanol–water partition coefficient (Wildman–Crippen LogP) is 7.05. The van der Waals surface area contributed by atoms with Gasteiger partial charge in [0.15, 0.2) is 5.78 Å². The molecule has 0 aromatic carbocycles. The molecule has 294 valence electrons. The molecule has 1 unspecified atom stereocenters. The quantitative estimate of drug-likeness (QED) is 0.193. The second-order valence-electron chi connectivity index (χ2n) is 20.1. The largest absolute Gasteiger partial charge is 0.481 e. The summed E-state index contributed by atoms with van der Waals surface area (Å²) in [5, 5.41) is 24.4. The number of carboxylic acid groups (broad SMARTS) is 1. The first-order valence-corrected chi connectivity index (χ1v) is 20.3.